The smallest absolute Gasteiger partial charge is 0.143 e. The van der Waals surface area contributed by atoms with Crippen molar-refractivity contribution in [2.45, 2.75) is 13.5 Å². The molecule has 28 heavy (non-hydrogen) atoms. The molecule has 2 aromatic carbocycles. The summed E-state index contributed by atoms with van der Waals surface area (Å²) in [5.41, 5.74) is 4.79. The maximum Gasteiger partial charge on any atom is 0.143 e. The molecule has 4 nitrogen and oxygen atoms in total. The number of benzene rings is 2. The highest BCUT2D eigenvalue weighted by atomic mass is 19.1. The molecule has 1 heterocycles. The van der Waals surface area contributed by atoms with Crippen molar-refractivity contribution in [1.29, 1.82) is 0 Å². The van der Waals surface area contributed by atoms with E-state index in [1.165, 1.54) is 12.1 Å². The zero-order valence-corrected chi connectivity index (χ0v) is 15.9. The lowest BCUT2D eigenvalue weighted by atomic mass is 10.1. The molecule has 144 valence electrons. The van der Waals surface area contributed by atoms with Gasteiger partial charge in [-0.1, -0.05) is 30.8 Å². The van der Waals surface area contributed by atoms with Gasteiger partial charge in [0.25, 0.3) is 0 Å². The molecule has 0 aliphatic heterocycles. The Morgan fingerprint density at radius 1 is 1.11 bits per heavy atom. The number of nitrogens with zero attached hydrogens (tertiary/aromatic N) is 1. The van der Waals surface area contributed by atoms with Gasteiger partial charge in [0.1, 0.15) is 18.2 Å². The first-order valence-corrected chi connectivity index (χ1v) is 9.18. The summed E-state index contributed by atoms with van der Waals surface area (Å²) in [6.45, 7) is 7.61. The lowest BCUT2D eigenvalue weighted by molar-refractivity contribution is 0.315. The Bertz CT molecular complexity index is 943. The number of nitrogens with one attached hydrogen (secondary N) is 2. The molecule has 0 radical (unpaired) electrons. The van der Waals surface area contributed by atoms with Crippen LogP contribution in [0.5, 0.6) is 5.75 Å². The van der Waals surface area contributed by atoms with Crippen molar-refractivity contribution in [3.8, 4) is 16.9 Å². The van der Waals surface area contributed by atoms with Crippen LogP contribution in [0.15, 0.2) is 73.7 Å². The summed E-state index contributed by atoms with van der Waals surface area (Å²) < 4.78 is 19.3. The van der Waals surface area contributed by atoms with Crippen molar-refractivity contribution in [2.24, 2.45) is 0 Å². The molecule has 3 aromatic rings. The van der Waals surface area contributed by atoms with Crippen LogP contribution in [-0.4, -0.2) is 18.1 Å². The summed E-state index contributed by atoms with van der Waals surface area (Å²) in [6, 6.07) is 14.5. The Labute approximate surface area is 165 Å². The zero-order chi connectivity index (χ0) is 19.8. The summed E-state index contributed by atoms with van der Waals surface area (Å²) in [7, 11) is 0. The van der Waals surface area contributed by atoms with Crippen LogP contribution >= 0.6 is 0 Å². The van der Waals surface area contributed by atoms with Crippen LogP contribution < -0.4 is 15.4 Å². The van der Waals surface area contributed by atoms with E-state index in [2.05, 4.69) is 22.2 Å². The van der Waals surface area contributed by atoms with Crippen molar-refractivity contribution >= 4 is 5.69 Å². The molecule has 0 saturated heterocycles. The molecule has 0 unspecified atom stereocenters. The number of aromatic nitrogens is 1. The van der Waals surface area contributed by atoms with Crippen molar-refractivity contribution in [1.82, 2.24) is 10.3 Å². The van der Waals surface area contributed by atoms with E-state index >= 15 is 0 Å². The average molecular weight is 377 g/mol. The third kappa shape index (κ3) is 5.18. The van der Waals surface area contributed by atoms with E-state index in [1.54, 1.807) is 18.5 Å². The minimum Gasteiger partial charge on any atom is -0.490 e. The number of hydrogen-bond donors (Lipinski definition) is 2. The van der Waals surface area contributed by atoms with Gasteiger partial charge in [0.2, 0.25) is 0 Å². The van der Waals surface area contributed by atoms with Gasteiger partial charge in [0, 0.05) is 31.0 Å². The third-order valence-corrected chi connectivity index (χ3v) is 4.30. The first-order chi connectivity index (χ1) is 13.7. The number of aryl methyl sites for hydroxylation is 1. The first kappa shape index (κ1) is 19.6. The molecule has 0 fully saturated rings. The Hall–Kier alpha value is -3.18. The minimum absolute atomic E-state index is 0.250. The van der Waals surface area contributed by atoms with Crippen LogP contribution in [0, 0.1) is 12.7 Å². The molecule has 0 atom stereocenters. The number of pyridine rings is 1. The monoisotopic (exact) mass is 377 g/mol. The predicted octanol–water partition coefficient (Wildman–Crippen LogP) is 4.92. The fourth-order valence-corrected chi connectivity index (χ4v) is 2.92. The number of ether oxygens (including phenoxy) is 1. The molecule has 0 saturated carbocycles. The lowest BCUT2D eigenvalue weighted by Gasteiger charge is -2.14. The van der Waals surface area contributed by atoms with Gasteiger partial charge >= 0.3 is 0 Å². The van der Waals surface area contributed by atoms with Gasteiger partial charge in [-0.3, -0.25) is 4.98 Å². The van der Waals surface area contributed by atoms with Crippen LogP contribution in [0.1, 0.15) is 11.1 Å². The van der Waals surface area contributed by atoms with E-state index < -0.39 is 0 Å². The van der Waals surface area contributed by atoms with Gasteiger partial charge in [-0.2, -0.15) is 0 Å². The fourth-order valence-electron chi connectivity index (χ4n) is 2.92. The van der Waals surface area contributed by atoms with Crippen molar-refractivity contribution in [3.05, 3.63) is 90.6 Å². The first-order valence-electron chi connectivity index (χ1n) is 9.18. The maximum atomic E-state index is 13.4. The van der Waals surface area contributed by atoms with E-state index in [9.17, 15) is 4.39 Å². The molecule has 0 amide bonds. The zero-order valence-electron chi connectivity index (χ0n) is 15.9. The largest absolute Gasteiger partial charge is 0.490 e. The standard InChI is InChI=1S/C23H24FN3O/c1-3-27-23-17(2)6-4-9-22(23)28-11-10-25-14-18-12-20(16-26-15-18)19-7-5-8-21(24)13-19/h3-9,12-13,15-16,25,27H,1,10-11,14H2,2H3. The van der Waals surface area contributed by atoms with E-state index in [0.717, 1.165) is 33.7 Å². The Morgan fingerprint density at radius 3 is 2.79 bits per heavy atom. The number of rotatable bonds is 9. The van der Waals surface area contributed by atoms with Crippen LogP contribution in [0.25, 0.3) is 11.1 Å². The van der Waals surface area contributed by atoms with E-state index in [-0.39, 0.29) is 5.82 Å². The van der Waals surface area contributed by atoms with Gasteiger partial charge in [0.05, 0.1) is 5.69 Å². The quantitative estimate of drug-likeness (QED) is 0.520. The SMILES string of the molecule is C=CNc1c(C)cccc1OCCNCc1cncc(-c2cccc(F)c2)c1. The van der Waals surface area contributed by atoms with E-state index in [0.29, 0.717) is 19.7 Å². The second kappa shape index (κ2) is 9.67. The summed E-state index contributed by atoms with van der Waals surface area (Å²) in [4.78, 5) is 4.27. The van der Waals surface area contributed by atoms with Gasteiger partial charge < -0.3 is 15.4 Å². The fraction of sp³-hybridized carbons (Fsp3) is 0.174. The number of halogens is 1. The van der Waals surface area contributed by atoms with Gasteiger partial charge in [0.15, 0.2) is 0 Å². The molecular weight excluding hydrogens is 353 g/mol. The van der Waals surface area contributed by atoms with Crippen LogP contribution in [0.4, 0.5) is 10.1 Å². The van der Waals surface area contributed by atoms with Gasteiger partial charge in [-0.05, 0) is 54.1 Å². The average Bonchev–Trinajstić information content (AvgIpc) is 2.70. The molecule has 0 aliphatic rings. The molecule has 0 spiro atoms. The number of anilines is 1. The Morgan fingerprint density at radius 2 is 1.96 bits per heavy atom. The molecule has 0 aliphatic carbocycles. The molecule has 1 aromatic heterocycles. The minimum atomic E-state index is -0.250. The Kier molecular flexibility index (Phi) is 6.76. The summed E-state index contributed by atoms with van der Waals surface area (Å²) in [6.07, 6.45) is 5.20. The molecule has 5 heteroatoms. The normalized spacial score (nSPS) is 10.5. The van der Waals surface area contributed by atoms with Crippen molar-refractivity contribution in [3.63, 3.8) is 0 Å². The second-order valence-electron chi connectivity index (χ2n) is 6.41. The van der Waals surface area contributed by atoms with Gasteiger partial charge in [-0.25, -0.2) is 4.39 Å². The van der Waals surface area contributed by atoms with Gasteiger partial charge in [-0.15, -0.1) is 0 Å². The number of para-hydroxylation sites is 1. The van der Waals surface area contributed by atoms with Crippen LogP contribution in [0.3, 0.4) is 0 Å². The summed E-state index contributed by atoms with van der Waals surface area (Å²) >= 11 is 0. The van der Waals surface area contributed by atoms with Crippen LogP contribution in [0.2, 0.25) is 0 Å². The third-order valence-electron chi connectivity index (χ3n) is 4.30. The van der Waals surface area contributed by atoms with Crippen molar-refractivity contribution < 1.29 is 9.13 Å². The highest BCUT2D eigenvalue weighted by molar-refractivity contribution is 5.63. The van der Waals surface area contributed by atoms with Crippen molar-refractivity contribution in [2.75, 3.05) is 18.5 Å². The second-order valence-corrected chi connectivity index (χ2v) is 6.41. The summed E-state index contributed by atoms with van der Waals surface area (Å²) in [5, 5.41) is 6.47. The van der Waals surface area contributed by atoms with Crippen LogP contribution in [-0.2, 0) is 6.54 Å². The predicted molar refractivity (Wildman–Crippen MR) is 112 cm³/mol. The molecular formula is C23H24FN3O. The topological polar surface area (TPSA) is 46.2 Å². The highest BCUT2D eigenvalue weighted by Crippen LogP contribution is 2.27. The van der Waals surface area contributed by atoms with E-state index in [4.69, 9.17) is 4.74 Å². The maximum absolute atomic E-state index is 13.4. The highest BCUT2D eigenvalue weighted by Gasteiger charge is 2.05. The van der Waals surface area contributed by atoms with E-state index in [1.807, 2.05) is 43.5 Å². The molecule has 0 bridgehead atoms. The lowest BCUT2D eigenvalue weighted by Crippen LogP contribution is -2.21. The Balaban J connectivity index is 1.52. The number of hydrogen-bond acceptors (Lipinski definition) is 4. The molecule has 2 N–H and O–H groups in total. The molecule has 3 rings (SSSR count). The summed E-state index contributed by atoms with van der Waals surface area (Å²) in [5.74, 6) is 0.552.